The van der Waals surface area contributed by atoms with E-state index in [-0.39, 0.29) is 30.0 Å². The van der Waals surface area contributed by atoms with E-state index in [0.717, 1.165) is 5.69 Å². The third-order valence-electron chi connectivity index (χ3n) is 3.47. The number of hydrogen-bond acceptors (Lipinski definition) is 5. The van der Waals surface area contributed by atoms with E-state index in [1.165, 1.54) is 0 Å². The third-order valence-corrected chi connectivity index (χ3v) is 5.24. The molecular weight excluding hydrogens is 292 g/mol. The van der Waals surface area contributed by atoms with E-state index in [2.05, 4.69) is 5.32 Å². The van der Waals surface area contributed by atoms with Gasteiger partial charge in [0.2, 0.25) is 5.91 Å². The van der Waals surface area contributed by atoms with Gasteiger partial charge in [0.1, 0.15) is 5.75 Å². The molecule has 0 radical (unpaired) electrons. The van der Waals surface area contributed by atoms with Crippen LogP contribution in [0.5, 0.6) is 5.75 Å². The Morgan fingerprint density at radius 2 is 2.14 bits per heavy atom. The summed E-state index contributed by atoms with van der Waals surface area (Å²) in [5, 5.41) is 2.77. The fourth-order valence-corrected chi connectivity index (χ4v) is 4.10. The van der Waals surface area contributed by atoms with Gasteiger partial charge in [0.15, 0.2) is 9.84 Å². The molecular formula is C14H20N2O4S. The summed E-state index contributed by atoms with van der Waals surface area (Å²) in [6, 6.07) is 7.16. The van der Waals surface area contributed by atoms with Gasteiger partial charge >= 0.3 is 0 Å². The smallest absolute Gasteiger partial charge is 0.239 e. The molecule has 1 saturated heterocycles. The fourth-order valence-electron chi connectivity index (χ4n) is 2.43. The first-order chi connectivity index (χ1) is 9.91. The lowest BCUT2D eigenvalue weighted by Gasteiger charge is -2.22. The van der Waals surface area contributed by atoms with Crippen LogP contribution >= 0.6 is 0 Å². The predicted molar refractivity (Wildman–Crippen MR) is 81.5 cm³/mol. The van der Waals surface area contributed by atoms with Gasteiger partial charge in [-0.25, -0.2) is 8.42 Å². The average molecular weight is 312 g/mol. The van der Waals surface area contributed by atoms with Crippen LogP contribution in [-0.4, -0.2) is 52.6 Å². The van der Waals surface area contributed by atoms with Crippen molar-refractivity contribution in [2.24, 2.45) is 0 Å². The van der Waals surface area contributed by atoms with Crippen LogP contribution in [0.15, 0.2) is 24.3 Å². The van der Waals surface area contributed by atoms with Crippen molar-refractivity contribution in [1.29, 1.82) is 0 Å². The second-order valence-corrected chi connectivity index (χ2v) is 7.42. The zero-order valence-corrected chi connectivity index (χ0v) is 13.0. The van der Waals surface area contributed by atoms with Gasteiger partial charge in [-0.2, -0.15) is 0 Å². The molecule has 0 spiro atoms. The minimum atomic E-state index is -2.98. The summed E-state index contributed by atoms with van der Waals surface area (Å²) in [7, 11) is 0.393. The van der Waals surface area contributed by atoms with E-state index in [1.807, 2.05) is 24.3 Å². The molecule has 1 atom stereocenters. The number of nitrogens with zero attached hydrogens (tertiary/aromatic N) is 1. The number of anilines is 1. The number of carbonyl (C=O) groups is 1. The zero-order valence-electron chi connectivity index (χ0n) is 12.2. The highest BCUT2D eigenvalue weighted by molar-refractivity contribution is 7.91. The van der Waals surface area contributed by atoms with Gasteiger partial charge in [-0.15, -0.1) is 0 Å². The maximum atomic E-state index is 12.0. The second-order valence-electron chi connectivity index (χ2n) is 5.20. The first-order valence-corrected chi connectivity index (χ1v) is 8.57. The summed E-state index contributed by atoms with van der Waals surface area (Å²) in [6.45, 7) is 0.150. The highest BCUT2D eigenvalue weighted by atomic mass is 32.2. The zero-order chi connectivity index (χ0) is 15.5. The molecule has 1 aromatic rings. The van der Waals surface area contributed by atoms with Crippen molar-refractivity contribution < 1.29 is 17.9 Å². The number of sulfone groups is 1. The number of ether oxygens (including phenoxy) is 1. The Kier molecular flexibility index (Phi) is 4.72. The maximum Gasteiger partial charge on any atom is 0.239 e. The van der Waals surface area contributed by atoms with Crippen LogP contribution in [0.2, 0.25) is 0 Å². The summed E-state index contributed by atoms with van der Waals surface area (Å²) in [4.78, 5) is 13.8. The molecule has 1 N–H and O–H groups in total. The van der Waals surface area contributed by atoms with E-state index < -0.39 is 9.84 Å². The molecule has 1 aromatic carbocycles. The van der Waals surface area contributed by atoms with Gasteiger partial charge in [0, 0.05) is 13.1 Å². The first-order valence-electron chi connectivity index (χ1n) is 6.75. The number of likely N-dealkylation sites (N-methyl/N-ethyl adjacent to an activating group) is 1. The fraction of sp³-hybridized carbons (Fsp3) is 0.500. The molecule has 0 aliphatic carbocycles. The van der Waals surface area contributed by atoms with Crippen LogP contribution < -0.4 is 15.0 Å². The Bertz CT molecular complexity index is 615. The predicted octanol–water partition coefficient (Wildman–Crippen LogP) is 0.435. The van der Waals surface area contributed by atoms with Gasteiger partial charge in [-0.3, -0.25) is 4.79 Å². The Hall–Kier alpha value is -1.76. The van der Waals surface area contributed by atoms with Crippen LogP contribution in [0.4, 0.5) is 5.69 Å². The summed E-state index contributed by atoms with van der Waals surface area (Å²) < 4.78 is 28.0. The van der Waals surface area contributed by atoms with Crippen molar-refractivity contribution in [1.82, 2.24) is 5.32 Å². The molecule has 1 unspecified atom stereocenters. The van der Waals surface area contributed by atoms with E-state index in [4.69, 9.17) is 4.74 Å². The molecule has 0 bridgehead atoms. The molecule has 0 saturated carbocycles. The Morgan fingerprint density at radius 1 is 1.43 bits per heavy atom. The number of nitrogens with one attached hydrogen (secondary N) is 1. The summed E-state index contributed by atoms with van der Waals surface area (Å²) in [6.07, 6.45) is 0.493. The second kappa shape index (κ2) is 6.34. The molecule has 1 aliphatic rings. The minimum absolute atomic E-state index is 0.0388. The Balaban J connectivity index is 1.93. The van der Waals surface area contributed by atoms with Crippen molar-refractivity contribution in [3.8, 4) is 5.75 Å². The first kappa shape index (κ1) is 15.6. The maximum absolute atomic E-state index is 12.0. The molecule has 1 fully saturated rings. The van der Waals surface area contributed by atoms with Crippen LogP contribution in [0.1, 0.15) is 6.42 Å². The van der Waals surface area contributed by atoms with Crippen molar-refractivity contribution in [3.63, 3.8) is 0 Å². The Morgan fingerprint density at radius 3 is 2.76 bits per heavy atom. The normalized spacial score (nSPS) is 20.0. The quantitative estimate of drug-likeness (QED) is 0.853. The standard InChI is InChI=1S/C14H20N2O4S/c1-16(12-5-3-4-6-13(12)20-2)9-14(17)15-11-7-8-21(18,19)10-11/h3-6,11H,7-10H2,1-2H3,(H,15,17). The topological polar surface area (TPSA) is 75.7 Å². The summed E-state index contributed by atoms with van der Waals surface area (Å²) in [5.41, 5.74) is 0.814. The van der Waals surface area contributed by atoms with E-state index in [0.29, 0.717) is 12.2 Å². The van der Waals surface area contributed by atoms with Crippen molar-refractivity contribution in [2.75, 3.05) is 37.1 Å². The lowest BCUT2D eigenvalue weighted by Crippen LogP contribution is -2.41. The van der Waals surface area contributed by atoms with Crippen LogP contribution in [0.3, 0.4) is 0 Å². The van der Waals surface area contributed by atoms with Crippen LogP contribution in [-0.2, 0) is 14.6 Å². The lowest BCUT2D eigenvalue weighted by molar-refractivity contribution is -0.120. The van der Waals surface area contributed by atoms with Gasteiger partial charge in [-0.1, -0.05) is 12.1 Å². The number of benzene rings is 1. The third kappa shape index (κ3) is 4.10. The average Bonchev–Trinajstić information content (AvgIpc) is 2.77. The molecule has 0 aromatic heterocycles. The highest BCUT2D eigenvalue weighted by Gasteiger charge is 2.29. The number of rotatable bonds is 5. The number of carbonyl (C=O) groups excluding carboxylic acids is 1. The highest BCUT2D eigenvalue weighted by Crippen LogP contribution is 2.26. The van der Waals surface area contributed by atoms with E-state index in [1.54, 1.807) is 19.1 Å². The molecule has 1 amide bonds. The van der Waals surface area contributed by atoms with Crippen LogP contribution in [0, 0.1) is 0 Å². The lowest BCUT2D eigenvalue weighted by atomic mass is 10.2. The van der Waals surface area contributed by atoms with Gasteiger partial charge in [0.05, 0.1) is 30.8 Å². The molecule has 6 nitrogen and oxygen atoms in total. The Labute approximate surface area is 125 Å². The SMILES string of the molecule is COc1ccccc1N(C)CC(=O)NC1CCS(=O)(=O)C1. The monoisotopic (exact) mass is 312 g/mol. The van der Waals surface area contributed by atoms with Crippen molar-refractivity contribution in [3.05, 3.63) is 24.3 Å². The molecule has 116 valence electrons. The molecule has 1 heterocycles. The van der Waals surface area contributed by atoms with Gasteiger partial charge in [0.25, 0.3) is 0 Å². The van der Waals surface area contributed by atoms with Gasteiger partial charge < -0.3 is 15.0 Å². The molecule has 2 rings (SSSR count). The van der Waals surface area contributed by atoms with Crippen molar-refractivity contribution in [2.45, 2.75) is 12.5 Å². The number of hydrogen-bond donors (Lipinski definition) is 1. The molecule has 1 aliphatic heterocycles. The summed E-state index contributed by atoms with van der Waals surface area (Å²) in [5.74, 6) is 0.693. The number of methoxy groups -OCH3 is 1. The largest absolute Gasteiger partial charge is 0.495 e. The van der Waals surface area contributed by atoms with E-state index >= 15 is 0 Å². The van der Waals surface area contributed by atoms with Crippen LogP contribution in [0.25, 0.3) is 0 Å². The van der Waals surface area contributed by atoms with Crippen molar-refractivity contribution >= 4 is 21.4 Å². The molecule has 21 heavy (non-hydrogen) atoms. The van der Waals surface area contributed by atoms with E-state index in [9.17, 15) is 13.2 Å². The number of amides is 1. The van der Waals surface area contributed by atoms with Gasteiger partial charge in [-0.05, 0) is 18.6 Å². The summed E-state index contributed by atoms with van der Waals surface area (Å²) >= 11 is 0. The number of para-hydroxylation sites is 2. The molecule has 7 heteroatoms. The minimum Gasteiger partial charge on any atom is -0.495 e.